The number of pyridine rings is 1. The van der Waals surface area contributed by atoms with E-state index >= 15 is 0 Å². The summed E-state index contributed by atoms with van der Waals surface area (Å²) in [6.07, 6.45) is 2.64. The van der Waals surface area contributed by atoms with Gasteiger partial charge >= 0.3 is 0 Å². The Labute approximate surface area is 105 Å². The van der Waals surface area contributed by atoms with Crippen LogP contribution in [0.25, 0.3) is 11.3 Å². The monoisotopic (exact) mass is 245 g/mol. The average Bonchev–Trinajstić information content (AvgIpc) is 2.83. The number of aromatic nitrogens is 1. The zero-order chi connectivity index (χ0) is 12.3. The van der Waals surface area contributed by atoms with E-state index in [0.717, 1.165) is 23.2 Å². The quantitative estimate of drug-likeness (QED) is 0.824. The maximum atomic E-state index is 11.2. The molecule has 0 aromatic carbocycles. The minimum Gasteiger partial charge on any atom is -0.300 e. The average molecular weight is 245 g/mol. The van der Waals surface area contributed by atoms with E-state index < -0.39 is 0 Å². The molecule has 17 heavy (non-hydrogen) atoms. The van der Waals surface area contributed by atoms with Gasteiger partial charge in [-0.05, 0) is 36.4 Å². The zero-order valence-corrected chi connectivity index (χ0v) is 10.8. The number of ketones is 1. The van der Waals surface area contributed by atoms with E-state index in [4.69, 9.17) is 0 Å². The SMILES string of the molecule is CC(=O)C(C)Cc1ccc(-c2ccsc2)nc1. The molecular formula is C14H15NOS. The molecule has 0 aliphatic heterocycles. The second kappa shape index (κ2) is 5.23. The number of Topliss-reactive ketones (excluding diaryl/α,β-unsaturated/α-hetero) is 1. The van der Waals surface area contributed by atoms with E-state index in [-0.39, 0.29) is 11.7 Å². The number of rotatable bonds is 4. The number of nitrogens with zero attached hydrogens (tertiary/aromatic N) is 1. The maximum Gasteiger partial charge on any atom is 0.132 e. The third-order valence-corrected chi connectivity index (χ3v) is 3.56. The molecule has 88 valence electrons. The third-order valence-electron chi connectivity index (χ3n) is 2.88. The summed E-state index contributed by atoms with van der Waals surface area (Å²) in [5.74, 6) is 0.302. The van der Waals surface area contributed by atoms with Crippen LogP contribution in [0.3, 0.4) is 0 Å². The highest BCUT2D eigenvalue weighted by Gasteiger charge is 2.09. The van der Waals surface area contributed by atoms with Crippen LogP contribution in [0.4, 0.5) is 0 Å². The predicted molar refractivity (Wildman–Crippen MR) is 71.1 cm³/mol. The van der Waals surface area contributed by atoms with Crippen LogP contribution in [-0.2, 0) is 11.2 Å². The first-order chi connectivity index (χ1) is 8.16. The van der Waals surface area contributed by atoms with Crippen LogP contribution in [0.5, 0.6) is 0 Å². The van der Waals surface area contributed by atoms with Gasteiger partial charge in [-0.2, -0.15) is 11.3 Å². The summed E-state index contributed by atoms with van der Waals surface area (Å²) in [5.41, 5.74) is 3.26. The van der Waals surface area contributed by atoms with Crippen molar-refractivity contribution in [3.63, 3.8) is 0 Å². The van der Waals surface area contributed by atoms with Gasteiger partial charge in [-0.1, -0.05) is 13.0 Å². The Kier molecular flexibility index (Phi) is 3.69. The summed E-state index contributed by atoms with van der Waals surface area (Å²) >= 11 is 1.67. The van der Waals surface area contributed by atoms with E-state index in [9.17, 15) is 4.79 Å². The highest BCUT2D eigenvalue weighted by molar-refractivity contribution is 7.08. The summed E-state index contributed by atoms with van der Waals surface area (Å²) in [5, 5.41) is 4.13. The zero-order valence-electron chi connectivity index (χ0n) is 10.0. The lowest BCUT2D eigenvalue weighted by atomic mass is 9.99. The molecule has 0 N–H and O–H groups in total. The van der Waals surface area contributed by atoms with Crippen molar-refractivity contribution in [1.82, 2.24) is 4.98 Å². The van der Waals surface area contributed by atoms with Crippen LogP contribution in [0.1, 0.15) is 19.4 Å². The van der Waals surface area contributed by atoms with Gasteiger partial charge < -0.3 is 0 Å². The fourth-order valence-corrected chi connectivity index (χ4v) is 2.27. The number of carbonyl (C=O) groups excluding carboxylic acids is 1. The third kappa shape index (κ3) is 3.01. The van der Waals surface area contributed by atoms with Gasteiger partial charge in [-0.15, -0.1) is 0 Å². The van der Waals surface area contributed by atoms with Crippen LogP contribution in [0, 0.1) is 5.92 Å². The first kappa shape index (κ1) is 12.0. The van der Waals surface area contributed by atoms with E-state index in [0.29, 0.717) is 0 Å². The molecule has 0 saturated carbocycles. The number of hydrogen-bond donors (Lipinski definition) is 0. The molecular weight excluding hydrogens is 230 g/mol. The second-order valence-electron chi connectivity index (χ2n) is 4.28. The molecule has 0 bridgehead atoms. The van der Waals surface area contributed by atoms with Crippen LogP contribution in [-0.4, -0.2) is 10.8 Å². The van der Waals surface area contributed by atoms with E-state index in [1.807, 2.05) is 24.6 Å². The van der Waals surface area contributed by atoms with Crippen LogP contribution >= 0.6 is 11.3 Å². The van der Waals surface area contributed by atoms with E-state index in [1.165, 1.54) is 0 Å². The van der Waals surface area contributed by atoms with Crippen molar-refractivity contribution in [1.29, 1.82) is 0 Å². The highest BCUT2D eigenvalue weighted by atomic mass is 32.1. The van der Waals surface area contributed by atoms with E-state index in [2.05, 4.69) is 22.5 Å². The van der Waals surface area contributed by atoms with Gasteiger partial charge in [0, 0.05) is 23.1 Å². The number of hydrogen-bond acceptors (Lipinski definition) is 3. The number of thiophene rings is 1. The molecule has 2 heterocycles. The fourth-order valence-electron chi connectivity index (χ4n) is 1.62. The molecule has 2 aromatic heterocycles. The van der Waals surface area contributed by atoms with Gasteiger partial charge in [0.05, 0.1) is 5.69 Å². The van der Waals surface area contributed by atoms with E-state index in [1.54, 1.807) is 18.3 Å². The Morgan fingerprint density at radius 1 is 1.41 bits per heavy atom. The van der Waals surface area contributed by atoms with Gasteiger partial charge in [0.25, 0.3) is 0 Å². The molecule has 0 fully saturated rings. The van der Waals surface area contributed by atoms with Crippen molar-refractivity contribution in [3.05, 3.63) is 40.7 Å². The molecule has 0 aliphatic carbocycles. The molecule has 0 saturated heterocycles. The minimum absolute atomic E-state index is 0.0730. The Morgan fingerprint density at radius 2 is 2.24 bits per heavy atom. The predicted octanol–water partition coefficient (Wildman–Crippen LogP) is 3.58. The molecule has 1 atom stereocenters. The van der Waals surface area contributed by atoms with Gasteiger partial charge in [0.2, 0.25) is 0 Å². The molecule has 2 nitrogen and oxygen atoms in total. The van der Waals surface area contributed by atoms with Crippen LogP contribution in [0.15, 0.2) is 35.2 Å². The molecule has 1 unspecified atom stereocenters. The molecule has 2 rings (SSSR count). The molecule has 2 aromatic rings. The second-order valence-corrected chi connectivity index (χ2v) is 5.06. The highest BCUT2D eigenvalue weighted by Crippen LogP contribution is 2.20. The van der Waals surface area contributed by atoms with Gasteiger partial charge in [0.15, 0.2) is 0 Å². The Morgan fingerprint density at radius 3 is 2.76 bits per heavy atom. The van der Waals surface area contributed by atoms with Crippen molar-refractivity contribution in [3.8, 4) is 11.3 Å². The van der Waals surface area contributed by atoms with Gasteiger partial charge in [-0.25, -0.2) is 0 Å². The van der Waals surface area contributed by atoms with Crippen molar-refractivity contribution in [2.45, 2.75) is 20.3 Å². The maximum absolute atomic E-state index is 11.2. The lowest BCUT2D eigenvalue weighted by Gasteiger charge is -2.07. The molecule has 0 spiro atoms. The summed E-state index contributed by atoms with van der Waals surface area (Å²) in [6, 6.07) is 6.13. The van der Waals surface area contributed by atoms with Crippen molar-refractivity contribution >= 4 is 17.1 Å². The van der Waals surface area contributed by atoms with Gasteiger partial charge in [-0.3, -0.25) is 9.78 Å². The van der Waals surface area contributed by atoms with Crippen LogP contribution < -0.4 is 0 Å². The number of carbonyl (C=O) groups is 1. The van der Waals surface area contributed by atoms with Crippen LogP contribution in [0.2, 0.25) is 0 Å². The summed E-state index contributed by atoms with van der Waals surface area (Å²) in [6.45, 7) is 3.59. The summed E-state index contributed by atoms with van der Waals surface area (Å²) < 4.78 is 0. The van der Waals surface area contributed by atoms with Gasteiger partial charge in [0.1, 0.15) is 5.78 Å². The fraction of sp³-hybridized carbons (Fsp3) is 0.286. The molecule has 0 radical (unpaired) electrons. The molecule has 0 amide bonds. The largest absolute Gasteiger partial charge is 0.300 e. The lowest BCUT2D eigenvalue weighted by Crippen LogP contribution is -2.09. The molecule has 3 heteroatoms. The summed E-state index contributed by atoms with van der Waals surface area (Å²) in [7, 11) is 0. The lowest BCUT2D eigenvalue weighted by molar-refractivity contribution is -0.120. The standard InChI is InChI=1S/C14H15NOS/c1-10(11(2)16)7-12-3-4-14(15-8-12)13-5-6-17-9-13/h3-6,8-10H,7H2,1-2H3. The Hall–Kier alpha value is -1.48. The molecule has 0 aliphatic rings. The normalized spacial score (nSPS) is 12.4. The minimum atomic E-state index is 0.0730. The Balaban J connectivity index is 2.11. The van der Waals surface area contributed by atoms with Crippen molar-refractivity contribution in [2.75, 3.05) is 0 Å². The smallest absolute Gasteiger partial charge is 0.132 e. The first-order valence-electron chi connectivity index (χ1n) is 5.65. The first-order valence-corrected chi connectivity index (χ1v) is 6.59. The van der Waals surface area contributed by atoms with Crippen molar-refractivity contribution < 1.29 is 4.79 Å². The Bertz CT molecular complexity index is 487. The van der Waals surface area contributed by atoms with Crippen molar-refractivity contribution in [2.24, 2.45) is 5.92 Å². The topological polar surface area (TPSA) is 30.0 Å². The summed E-state index contributed by atoms with van der Waals surface area (Å²) in [4.78, 5) is 15.6.